The number of carbonyl (C=O) groups is 1. The van der Waals surface area contributed by atoms with Crippen molar-refractivity contribution < 1.29 is 18.7 Å². The highest BCUT2D eigenvalue weighted by Crippen LogP contribution is 2.36. The third-order valence-electron chi connectivity index (χ3n) is 2.72. The standard InChI is InChI=1S/C13H15FO3/c1-3-16-11-6-8-5-10(14)13(15)9(8)7-12(11)17-4-2/h6-7,10H,3-5H2,1-2H3. The smallest absolute Gasteiger partial charge is 0.197 e. The Hall–Kier alpha value is -1.58. The SMILES string of the molecule is CCOc1cc2c(cc1OCC)C(=O)C(F)C2. The molecule has 0 amide bonds. The number of Topliss-reactive ketones (excluding diaryl/α,β-unsaturated/α-hetero) is 1. The summed E-state index contributed by atoms with van der Waals surface area (Å²) in [5.41, 5.74) is 1.12. The van der Waals surface area contributed by atoms with Crippen LogP contribution in [0.3, 0.4) is 0 Å². The first-order valence-electron chi connectivity index (χ1n) is 5.78. The lowest BCUT2D eigenvalue weighted by atomic mass is 10.1. The summed E-state index contributed by atoms with van der Waals surface area (Å²) in [6.45, 7) is 4.70. The lowest BCUT2D eigenvalue weighted by Gasteiger charge is -2.12. The number of rotatable bonds is 4. The lowest BCUT2D eigenvalue weighted by molar-refractivity contribution is 0.0898. The fourth-order valence-electron chi connectivity index (χ4n) is 1.99. The molecule has 2 rings (SSSR count). The fraction of sp³-hybridized carbons (Fsp3) is 0.462. The Morgan fingerprint density at radius 3 is 2.41 bits per heavy atom. The van der Waals surface area contributed by atoms with Gasteiger partial charge in [0, 0.05) is 12.0 Å². The number of fused-ring (bicyclic) bond motifs is 1. The summed E-state index contributed by atoms with van der Waals surface area (Å²) in [5.74, 6) is 0.634. The van der Waals surface area contributed by atoms with E-state index in [9.17, 15) is 9.18 Å². The van der Waals surface area contributed by atoms with E-state index in [0.717, 1.165) is 0 Å². The molecule has 0 aliphatic heterocycles. The molecule has 0 saturated carbocycles. The number of alkyl halides is 1. The molecule has 92 valence electrons. The molecule has 1 aromatic carbocycles. The molecule has 17 heavy (non-hydrogen) atoms. The van der Waals surface area contributed by atoms with Crippen molar-refractivity contribution >= 4 is 5.78 Å². The minimum atomic E-state index is -1.42. The van der Waals surface area contributed by atoms with Crippen molar-refractivity contribution in [3.8, 4) is 11.5 Å². The summed E-state index contributed by atoms with van der Waals surface area (Å²) in [6, 6.07) is 3.30. The molecule has 1 aliphatic carbocycles. The van der Waals surface area contributed by atoms with Crippen LogP contribution < -0.4 is 9.47 Å². The van der Waals surface area contributed by atoms with E-state index in [1.807, 2.05) is 13.8 Å². The summed E-state index contributed by atoms with van der Waals surface area (Å²) in [6.07, 6.45) is -1.28. The van der Waals surface area contributed by atoms with Crippen LogP contribution in [0.5, 0.6) is 11.5 Å². The van der Waals surface area contributed by atoms with Gasteiger partial charge in [0.15, 0.2) is 23.5 Å². The Balaban J connectivity index is 2.43. The van der Waals surface area contributed by atoms with Gasteiger partial charge in [-0.25, -0.2) is 4.39 Å². The van der Waals surface area contributed by atoms with Crippen molar-refractivity contribution in [1.82, 2.24) is 0 Å². The molecule has 0 heterocycles. The zero-order valence-corrected chi connectivity index (χ0v) is 9.96. The van der Waals surface area contributed by atoms with Gasteiger partial charge in [-0.1, -0.05) is 0 Å². The monoisotopic (exact) mass is 238 g/mol. The quantitative estimate of drug-likeness (QED) is 0.808. The van der Waals surface area contributed by atoms with Crippen LogP contribution in [0.25, 0.3) is 0 Å². The number of halogens is 1. The summed E-state index contributed by atoms with van der Waals surface area (Å²) in [7, 11) is 0. The average molecular weight is 238 g/mol. The number of carbonyl (C=O) groups excluding carboxylic acids is 1. The second-order valence-corrected chi connectivity index (χ2v) is 3.86. The number of hydrogen-bond acceptors (Lipinski definition) is 3. The van der Waals surface area contributed by atoms with Gasteiger partial charge >= 0.3 is 0 Å². The van der Waals surface area contributed by atoms with Crippen LogP contribution in [-0.4, -0.2) is 25.2 Å². The van der Waals surface area contributed by atoms with Crippen LogP contribution in [0.2, 0.25) is 0 Å². The lowest BCUT2D eigenvalue weighted by Crippen LogP contribution is -2.08. The molecular formula is C13H15FO3. The maximum absolute atomic E-state index is 13.3. The van der Waals surface area contributed by atoms with Crippen molar-refractivity contribution in [2.24, 2.45) is 0 Å². The first-order valence-corrected chi connectivity index (χ1v) is 5.78. The van der Waals surface area contributed by atoms with E-state index >= 15 is 0 Å². The van der Waals surface area contributed by atoms with Gasteiger partial charge in [-0.3, -0.25) is 4.79 Å². The van der Waals surface area contributed by atoms with Gasteiger partial charge in [0.25, 0.3) is 0 Å². The summed E-state index contributed by atoms with van der Waals surface area (Å²) in [5, 5.41) is 0. The number of ketones is 1. The molecular weight excluding hydrogens is 223 g/mol. The van der Waals surface area contributed by atoms with Crippen molar-refractivity contribution in [2.75, 3.05) is 13.2 Å². The fourth-order valence-corrected chi connectivity index (χ4v) is 1.99. The number of benzene rings is 1. The molecule has 1 unspecified atom stereocenters. The van der Waals surface area contributed by atoms with Crippen molar-refractivity contribution in [3.63, 3.8) is 0 Å². The van der Waals surface area contributed by atoms with Crippen molar-refractivity contribution in [2.45, 2.75) is 26.4 Å². The van der Waals surface area contributed by atoms with Crippen molar-refractivity contribution in [3.05, 3.63) is 23.3 Å². The minimum Gasteiger partial charge on any atom is -0.490 e. The number of hydrogen-bond donors (Lipinski definition) is 0. The van der Waals surface area contributed by atoms with Gasteiger partial charge in [0.1, 0.15) is 0 Å². The van der Waals surface area contributed by atoms with Crippen LogP contribution >= 0.6 is 0 Å². The van der Waals surface area contributed by atoms with Gasteiger partial charge in [-0.2, -0.15) is 0 Å². The van der Waals surface area contributed by atoms with Crippen LogP contribution in [0.15, 0.2) is 12.1 Å². The maximum atomic E-state index is 13.3. The van der Waals surface area contributed by atoms with Crippen molar-refractivity contribution in [1.29, 1.82) is 0 Å². The Kier molecular flexibility index (Phi) is 3.31. The summed E-state index contributed by atoms with van der Waals surface area (Å²) >= 11 is 0. The minimum absolute atomic E-state index is 0.140. The maximum Gasteiger partial charge on any atom is 0.197 e. The van der Waals surface area contributed by atoms with E-state index in [1.54, 1.807) is 12.1 Å². The van der Waals surface area contributed by atoms with E-state index < -0.39 is 12.0 Å². The van der Waals surface area contributed by atoms with E-state index in [0.29, 0.717) is 35.8 Å². The molecule has 0 radical (unpaired) electrons. The summed E-state index contributed by atoms with van der Waals surface area (Å²) in [4.78, 5) is 11.6. The molecule has 1 aromatic rings. The highest BCUT2D eigenvalue weighted by molar-refractivity contribution is 6.04. The molecule has 0 saturated heterocycles. The Morgan fingerprint density at radius 1 is 1.24 bits per heavy atom. The molecule has 4 heteroatoms. The predicted octanol–water partition coefficient (Wildman–Crippen LogP) is 2.56. The normalized spacial score (nSPS) is 18.1. The average Bonchev–Trinajstić information content (AvgIpc) is 2.57. The topological polar surface area (TPSA) is 35.5 Å². The van der Waals surface area contributed by atoms with E-state index in [1.165, 1.54) is 0 Å². The first kappa shape index (κ1) is 11.9. The van der Waals surface area contributed by atoms with Crippen LogP contribution in [0.1, 0.15) is 29.8 Å². The molecule has 0 bridgehead atoms. The van der Waals surface area contributed by atoms with E-state index in [2.05, 4.69) is 0 Å². The highest BCUT2D eigenvalue weighted by Gasteiger charge is 2.32. The van der Waals surface area contributed by atoms with E-state index in [-0.39, 0.29) is 6.42 Å². The molecule has 0 fully saturated rings. The van der Waals surface area contributed by atoms with Gasteiger partial charge in [-0.05, 0) is 31.5 Å². The van der Waals surface area contributed by atoms with Gasteiger partial charge in [0.2, 0.25) is 0 Å². The van der Waals surface area contributed by atoms with Gasteiger partial charge < -0.3 is 9.47 Å². The third-order valence-corrected chi connectivity index (χ3v) is 2.72. The molecule has 0 aromatic heterocycles. The van der Waals surface area contributed by atoms with Crippen LogP contribution in [0.4, 0.5) is 4.39 Å². The molecule has 1 atom stereocenters. The predicted molar refractivity (Wildman–Crippen MR) is 61.7 cm³/mol. The molecule has 1 aliphatic rings. The van der Waals surface area contributed by atoms with Gasteiger partial charge in [0.05, 0.1) is 13.2 Å². The Morgan fingerprint density at radius 2 is 1.82 bits per heavy atom. The summed E-state index contributed by atoms with van der Waals surface area (Å²) < 4.78 is 24.1. The molecule has 0 N–H and O–H groups in total. The number of ether oxygens (including phenoxy) is 2. The second kappa shape index (κ2) is 4.73. The largest absolute Gasteiger partial charge is 0.490 e. The highest BCUT2D eigenvalue weighted by atomic mass is 19.1. The van der Waals surface area contributed by atoms with Crippen LogP contribution in [-0.2, 0) is 6.42 Å². The Bertz CT molecular complexity index is 443. The zero-order valence-electron chi connectivity index (χ0n) is 9.96. The van der Waals surface area contributed by atoms with E-state index in [4.69, 9.17) is 9.47 Å². The molecule has 0 spiro atoms. The Labute approximate surface area is 99.5 Å². The molecule has 3 nitrogen and oxygen atoms in total. The zero-order chi connectivity index (χ0) is 12.4. The second-order valence-electron chi connectivity index (χ2n) is 3.86. The van der Waals surface area contributed by atoms with Gasteiger partial charge in [-0.15, -0.1) is 0 Å². The third kappa shape index (κ3) is 2.12. The van der Waals surface area contributed by atoms with Crippen LogP contribution in [0, 0.1) is 0 Å². The first-order chi connectivity index (χ1) is 8.17.